The smallest absolute Gasteiger partial charge is 0.312 e. The lowest BCUT2D eigenvalue weighted by Gasteiger charge is -2.23. The summed E-state index contributed by atoms with van der Waals surface area (Å²) in [5, 5.41) is 8.03. The van der Waals surface area contributed by atoms with E-state index in [0.717, 1.165) is 0 Å². The van der Waals surface area contributed by atoms with Crippen LogP contribution >= 0.6 is 0 Å². The molecule has 0 aliphatic rings. The van der Waals surface area contributed by atoms with Crippen molar-refractivity contribution in [3.05, 3.63) is 0 Å². The second kappa shape index (κ2) is 10.2. The van der Waals surface area contributed by atoms with E-state index in [2.05, 4.69) is 16.0 Å². The quantitative estimate of drug-likeness (QED) is 0.328. The molecule has 0 rings (SSSR count). The number of rotatable bonds is 10. The molecule has 5 N–H and O–H groups in total. The van der Waals surface area contributed by atoms with E-state index in [1.165, 1.54) is 0 Å². The van der Waals surface area contributed by atoms with E-state index in [1.54, 1.807) is 0 Å². The Balaban J connectivity index is 4.44. The molecule has 0 heterocycles. The largest absolute Gasteiger partial charge is 0.352 e. The van der Waals surface area contributed by atoms with Crippen molar-refractivity contribution >= 4 is 18.2 Å². The molecular formula is C13H26N4O3. The highest BCUT2D eigenvalue weighted by molar-refractivity contribution is 5.84. The normalized spacial score (nSPS) is 14.3. The van der Waals surface area contributed by atoms with E-state index < -0.39 is 24.4 Å². The molecule has 0 aliphatic carbocycles. The standard InChI is InChI=1S/C13H26N4O3/c1-4-15-11(9(2)3)12(19)17-10(8-18)6-5-7-16-13(14)20/h8-11,15H,4-7H2,1-3H3,(H,17,19)(H3,14,16,20)/t10-,11-/m0/s1/i8D. The molecule has 0 spiro atoms. The van der Waals surface area contributed by atoms with E-state index in [4.69, 9.17) is 7.10 Å². The van der Waals surface area contributed by atoms with Gasteiger partial charge in [0.05, 0.1) is 12.1 Å². The van der Waals surface area contributed by atoms with Gasteiger partial charge in [0.25, 0.3) is 0 Å². The molecule has 3 amide bonds. The number of hydrogen-bond donors (Lipinski definition) is 4. The Labute approximate surface area is 121 Å². The van der Waals surface area contributed by atoms with Crippen LogP contribution in [0, 0.1) is 5.92 Å². The molecule has 7 nitrogen and oxygen atoms in total. The number of urea groups is 1. The molecule has 0 bridgehead atoms. The molecule has 0 saturated heterocycles. The second-order valence-corrected chi connectivity index (χ2v) is 4.89. The monoisotopic (exact) mass is 287 g/mol. The zero-order valence-corrected chi connectivity index (χ0v) is 12.4. The zero-order chi connectivity index (χ0) is 16.4. The number of amides is 3. The molecule has 0 radical (unpaired) electrons. The van der Waals surface area contributed by atoms with E-state index in [0.29, 0.717) is 19.5 Å². The molecule has 116 valence electrons. The number of likely N-dealkylation sites (N-methyl/N-ethyl adjacent to an activating group) is 1. The number of aldehydes is 1. The third-order valence-electron chi connectivity index (χ3n) is 2.80. The number of primary amides is 1. The predicted molar refractivity (Wildman–Crippen MR) is 77.1 cm³/mol. The van der Waals surface area contributed by atoms with Gasteiger partial charge in [0.15, 0.2) is 0 Å². The summed E-state index contributed by atoms with van der Waals surface area (Å²) in [6, 6.07) is -1.91. The Morgan fingerprint density at radius 2 is 2.05 bits per heavy atom. The van der Waals surface area contributed by atoms with Crippen LogP contribution in [0.25, 0.3) is 0 Å². The lowest BCUT2D eigenvalue weighted by molar-refractivity contribution is -0.126. The topological polar surface area (TPSA) is 113 Å². The maximum absolute atomic E-state index is 12.1. The van der Waals surface area contributed by atoms with Crippen LogP contribution in [0.1, 0.15) is 35.0 Å². The average Bonchev–Trinajstić information content (AvgIpc) is 2.38. The first-order valence-corrected chi connectivity index (χ1v) is 6.87. The lowest BCUT2D eigenvalue weighted by Crippen LogP contribution is -2.50. The van der Waals surface area contributed by atoms with E-state index in [-0.39, 0.29) is 18.2 Å². The van der Waals surface area contributed by atoms with E-state index in [9.17, 15) is 14.4 Å². The molecular weight excluding hydrogens is 260 g/mol. The van der Waals surface area contributed by atoms with Crippen LogP contribution in [0.5, 0.6) is 0 Å². The Morgan fingerprint density at radius 3 is 2.50 bits per heavy atom. The van der Waals surface area contributed by atoms with Crippen LogP contribution in [-0.2, 0) is 9.59 Å². The van der Waals surface area contributed by atoms with Crippen LogP contribution in [0.3, 0.4) is 0 Å². The minimum Gasteiger partial charge on any atom is -0.352 e. The molecule has 7 heteroatoms. The van der Waals surface area contributed by atoms with Crippen molar-refractivity contribution in [1.29, 1.82) is 0 Å². The van der Waals surface area contributed by atoms with Crippen molar-refractivity contribution in [2.75, 3.05) is 13.1 Å². The van der Waals surface area contributed by atoms with Gasteiger partial charge in [0, 0.05) is 6.54 Å². The number of carbonyl (C=O) groups is 3. The lowest BCUT2D eigenvalue weighted by atomic mass is 10.0. The molecule has 20 heavy (non-hydrogen) atoms. The molecule has 0 saturated carbocycles. The average molecular weight is 287 g/mol. The highest BCUT2D eigenvalue weighted by Crippen LogP contribution is 2.03. The summed E-state index contributed by atoms with van der Waals surface area (Å²) in [5.41, 5.74) is 4.92. The predicted octanol–water partition coefficient (Wildman–Crippen LogP) is -0.247. The van der Waals surface area contributed by atoms with Gasteiger partial charge < -0.3 is 26.5 Å². The SMILES string of the molecule is [2H]C(=O)[C@H](CCCNC(N)=O)NC(=O)[C@@H](NCC)C(C)C. The molecule has 0 aliphatic heterocycles. The highest BCUT2D eigenvalue weighted by Gasteiger charge is 2.23. The molecule has 0 aromatic heterocycles. The summed E-state index contributed by atoms with van der Waals surface area (Å²) < 4.78 is 7.21. The van der Waals surface area contributed by atoms with Crippen LogP contribution < -0.4 is 21.7 Å². The fourth-order valence-electron chi connectivity index (χ4n) is 1.79. The maximum Gasteiger partial charge on any atom is 0.312 e. The third-order valence-corrected chi connectivity index (χ3v) is 2.80. The minimum atomic E-state index is -0.868. The summed E-state index contributed by atoms with van der Waals surface area (Å²) in [6.07, 6.45) is -0.112. The molecule has 0 aromatic carbocycles. The maximum atomic E-state index is 12.1. The van der Waals surface area contributed by atoms with Gasteiger partial charge in [-0.2, -0.15) is 0 Å². The second-order valence-electron chi connectivity index (χ2n) is 4.89. The number of carbonyl (C=O) groups excluding carboxylic acids is 3. The molecule has 0 unspecified atom stereocenters. The Hall–Kier alpha value is -1.63. The molecule has 0 aromatic rings. The summed E-state index contributed by atoms with van der Waals surface area (Å²) >= 11 is 0. The Bertz CT molecular complexity index is 363. The fourth-order valence-corrected chi connectivity index (χ4v) is 1.79. The van der Waals surface area contributed by atoms with Crippen LogP contribution in [0.4, 0.5) is 4.79 Å². The number of nitrogens with one attached hydrogen (secondary N) is 3. The van der Waals surface area contributed by atoms with Crippen molar-refractivity contribution in [3.8, 4) is 0 Å². The number of hydrogen-bond acceptors (Lipinski definition) is 4. The van der Waals surface area contributed by atoms with Crippen molar-refractivity contribution in [2.45, 2.75) is 45.7 Å². The first kappa shape index (κ1) is 16.4. The van der Waals surface area contributed by atoms with Gasteiger partial charge in [-0.15, -0.1) is 0 Å². The third kappa shape index (κ3) is 7.73. The van der Waals surface area contributed by atoms with Crippen molar-refractivity contribution in [1.82, 2.24) is 16.0 Å². The summed E-state index contributed by atoms with van der Waals surface area (Å²) in [6.45, 7) is 6.64. The first-order valence-electron chi connectivity index (χ1n) is 7.37. The van der Waals surface area contributed by atoms with E-state index >= 15 is 0 Å². The zero-order valence-electron chi connectivity index (χ0n) is 13.4. The molecule has 2 atom stereocenters. The minimum absolute atomic E-state index is 0.0722. The fraction of sp³-hybridized carbons (Fsp3) is 0.769. The van der Waals surface area contributed by atoms with E-state index in [1.807, 2.05) is 20.8 Å². The highest BCUT2D eigenvalue weighted by atomic mass is 16.2. The van der Waals surface area contributed by atoms with Gasteiger partial charge in [-0.1, -0.05) is 20.8 Å². The van der Waals surface area contributed by atoms with Gasteiger partial charge in [-0.25, -0.2) is 4.79 Å². The van der Waals surface area contributed by atoms with Crippen LogP contribution in [0.2, 0.25) is 0 Å². The summed E-state index contributed by atoms with van der Waals surface area (Å²) in [4.78, 5) is 33.9. The summed E-state index contributed by atoms with van der Waals surface area (Å²) in [5.74, 6) is -0.219. The van der Waals surface area contributed by atoms with Gasteiger partial charge in [-0.3, -0.25) is 4.79 Å². The number of nitrogens with two attached hydrogens (primary N) is 1. The van der Waals surface area contributed by atoms with Crippen molar-refractivity contribution in [3.63, 3.8) is 0 Å². The summed E-state index contributed by atoms with van der Waals surface area (Å²) in [7, 11) is 0. The van der Waals surface area contributed by atoms with Gasteiger partial charge in [0.2, 0.25) is 5.91 Å². The Kier molecular flexibility index (Phi) is 8.37. The van der Waals surface area contributed by atoms with Crippen molar-refractivity contribution < 1.29 is 15.8 Å². The van der Waals surface area contributed by atoms with Crippen molar-refractivity contribution in [2.24, 2.45) is 11.7 Å². The first-order chi connectivity index (χ1) is 9.79. The Morgan fingerprint density at radius 1 is 1.40 bits per heavy atom. The van der Waals surface area contributed by atoms with Crippen LogP contribution in [-0.4, -0.2) is 43.4 Å². The van der Waals surface area contributed by atoms with Gasteiger partial charge in [0.1, 0.15) is 7.63 Å². The van der Waals surface area contributed by atoms with Gasteiger partial charge >= 0.3 is 6.03 Å². The molecule has 0 fully saturated rings. The van der Waals surface area contributed by atoms with Crippen LogP contribution in [0.15, 0.2) is 0 Å². The van der Waals surface area contributed by atoms with Gasteiger partial charge in [-0.05, 0) is 25.3 Å².